The molecule has 2 aromatic carbocycles. The lowest BCUT2D eigenvalue weighted by molar-refractivity contribution is 0.0773. The van der Waals surface area contributed by atoms with E-state index in [0.29, 0.717) is 26.2 Å². The fourth-order valence-electron chi connectivity index (χ4n) is 2.85. The number of amides is 1. The Labute approximate surface area is 172 Å². The van der Waals surface area contributed by atoms with Crippen molar-refractivity contribution in [2.45, 2.75) is 18.7 Å². The highest BCUT2D eigenvalue weighted by Gasteiger charge is 2.27. The number of benzene rings is 2. The molecule has 0 saturated carbocycles. The van der Waals surface area contributed by atoms with Gasteiger partial charge in [0.1, 0.15) is 23.0 Å². The normalized spacial score (nSPS) is 11.3. The van der Waals surface area contributed by atoms with Gasteiger partial charge < -0.3 is 14.4 Å². The first-order valence-corrected chi connectivity index (χ1v) is 10.9. The van der Waals surface area contributed by atoms with Crippen molar-refractivity contribution in [3.8, 4) is 11.5 Å². The maximum atomic E-state index is 12.9. The number of carbonyl (C=O) groups is 1. The molecule has 0 aromatic heterocycles. The van der Waals surface area contributed by atoms with Crippen LogP contribution in [0.25, 0.3) is 0 Å². The number of hydrogen-bond donors (Lipinski definition) is 0. The summed E-state index contributed by atoms with van der Waals surface area (Å²) in [6, 6.07) is 13.8. The molecule has 7 nitrogen and oxygen atoms in total. The lowest BCUT2D eigenvalue weighted by atomic mass is 10.2. The summed E-state index contributed by atoms with van der Waals surface area (Å²) in [4.78, 5) is 14.3. The van der Waals surface area contributed by atoms with E-state index < -0.39 is 10.0 Å². The molecule has 0 spiro atoms. The van der Waals surface area contributed by atoms with Gasteiger partial charge in [-0.3, -0.25) is 4.79 Å². The van der Waals surface area contributed by atoms with Gasteiger partial charge in [-0.05, 0) is 30.3 Å². The Bertz CT molecular complexity index is 912. The van der Waals surface area contributed by atoms with E-state index in [0.717, 1.165) is 5.75 Å². The molecule has 0 unspecified atom stereocenters. The maximum absolute atomic E-state index is 12.9. The molecule has 8 heteroatoms. The Kier molecular flexibility index (Phi) is 8.04. The summed E-state index contributed by atoms with van der Waals surface area (Å²) in [5, 5.41) is 0. The SMILES string of the molecule is CCN(CC)S(=O)(=O)c1cc(C(=O)N(C)CCOc2ccccc2)ccc1OC. The fourth-order valence-corrected chi connectivity index (χ4v) is 4.49. The van der Waals surface area contributed by atoms with E-state index in [-0.39, 0.29) is 22.1 Å². The zero-order valence-electron chi connectivity index (χ0n) is 17.3. The van der Waals surface area contributed by atoms with E-state index >= 15 is 0 Å². The Morgan fingerprint density at radius 3 is 2.28 bits per heavy atom. The number of likely N-dealkylation sites (N-methyl/N-ethyl adjacent to an activating group) is 1. The molecule has 2 rings (SSSR count). The molecule has 1 amide bonds. The zero-order valence-corrected chi connectivity index (χ0v) is 18.1. The van der Waals surface area contributed by atoms with Gasteiger partial charge in [0.2, 0.25) is 10.0 Å². The van der Waals surface area contributed by atoms with Crippen LogP contribution in [0.3, 0.4) is 0 Å². The van der Waals surface area contributed by atoms with Crippen LogP contribution < -0.4 is 9.47 Å². The van der Waals surface area contributed by atoms with Gasteiger partial charge in [-0.1, -0.05) is 32.0 Å². The van der Waals surface area contributed by atoms with Gasteiger partial charge in [0.15, 0.2) is 0 Å². The molecule has 0 radical (unpaired) electrons. The van der Waals surface area contributed by atoms with Gasteiger partial charge in [-0.2, -0.15) is 4.31 Å². The van der Waals surface area contributed by atoms with E-state index in [9.17, 15) is 13.2 Å². The van der Waals surface area contributed by atoms with E-state index in [1.807, 2.05) is 30.3 Å². The van der Waals surface area contributed by atoms with Gasteiger partial charge >= 0.3 is 0 Å². The van der Waals surface area contributed by atoms with E-state index in [1.54, 1.807) is 27.0 Å². The maximum Gasteiger partial charge on any atom is 0.253 e. The Balaban J connectivity index is 2.18. The molecule has 0 aliphatic heterocycles. The number of para-hydroxylation sites is 1. The minimum atomic E-state index is -3.77. The molecule has 0 atom stereocenters. The van der Waals surface area contributed by atoms with Crippen molar-refractivity contribution >= 4 is 15.9 Å². The average molecular weight is 421 g/mol. The van der Waals surface area contributed by atoms with Crippen LogP contribution in [-0.2, 0) is 10.0 Å². The highest BCUT2D eigenvalue weighted by atomic mass is 32.2. The average Bonchev–Trinajstić information content (AvgIpc) is 2.74. The van der Waals surface area contributed by atoms with Crippen LogP contribution in [0.2, 0.25) is 0 Å². The lowest BCUT2D eigenvalue weighted by Crippen LogP contribution is -2.32. The quantitative estimate of drug-likeness (QED) is 0.591. The first-order chi connectivity index (χ1) is 13.8. The largest absolute Gasteiger partial charge is 0.495 e. The standard InChI is InChI=1S/C21H28N2O5S/c1-5-23(6-2)29(25,26)20-16-17(12-13-19(20)27-4)21(24)22(3)14-15-28-18-10-8-7-9-11-18/h7-13,16H,5-6,14-15H2,1-4H3. The molecular formula is C21H28N2O5S. The van der Waals surface area contributed by atoms with Crippen molar-refractivity contribution in [2.24, 2.45) is 0 Å². The van der Waals surface area contributed by atoms with Crippen LogP contribution in [0.15, 0.2) is 53.4 Å². The van der Waals surface area contributed by atoms with E-state index in [1.165, 1.54) is 28.4 Å². The van der Waals surface area contributed by atoms with Crippen LogP contribution in [0, 0.1) is 0 Å². The fraction of sp³-hybridized carbons (Fsp3) is 0.381. The first-order valence-electron chi connectivity index (χ1n) is 9.46. The summed E-state index contributed by atoms with van der Waals surface area (Å²) >= 11 is 0. The second-order valence-corrected chi connectivity index (χ2v) is 8.25. The van der Waals surface area contributed by atoms with Gasteiger partial charge in [0.25, 0.3) is 5.91 Å². The van der Waals surface area contributed by atoms with Crippen molar-refractivity contribution in [1.29, 1.82) is 0 Å². The molecule has 0 aliphatic rings. The number of nitrogens with zero attached hydrogens (tertiary/aromatic N) is 2. The third-order valence-electron chi connectivity index (χ3n) is 4.52. The number of ether oxygens (including phenoxy) is 2. The smallest absolute Gasteiger partial charge is 0.253 e. The Morgan fingerprint density at radius 1 is 1.03 bits per heavy atom. The molecule has 0 heterocycles. The van der Waals surface area contributed by atoms with Crippen LogP contribution in [-0.4, -0.2) is 63.9 Å². The zero-order chi connectivity index (χ0) is 21.4. The van der Waals surface area contributed by atoms with Crippen molar-refractivity contribution in [1.82, 2.24) is 9.21 Å². The van der Waals surface area contributed by atoms with Crippen molar-refractivity contribution < 1.29 is 22.7 Å². The highest BCUT2D eigenvalue weighted by molar-refractivity contribution is 7.89. The minimum Gasteiger partial charge on any atom is -0.495 e. The topological polar surface area (TPSA) is 76.2 Å². The second kappa shape index (κ2) is 10.3. The van der Waals surface area contributed by atoms with Crippen molar-refractivity contribution in [2.75, 3.05) is 40.4 Å². The van der Waals surface area contributed by atoms with Crippen LogP contribution in [0.4, 0.5) is 0 Å². The van der Waals surface area contributed by atoms with E-state index in [2.05, 4.69) is 0 Å². The third-order valence-corrected chi connectivity index (χ3v) is 6.59. The van der Waals surface area contributed by atoms with Crippen LogP contribution in [0.1, 0.15) is 24.2 Å². The number of hydrogen-bond acceptors (Lipinski definition) is 5. The molecule has 0 bridgehead atoms. The van der Waals surface area contributed by atoms with Gasteiger partial charge in [0.05, 0.1) is 13.7 Å². The molecule has 0 fully saturated rings. The first kappa shape index (κ1) is 22.7. The monoisotopic (exact) mass is 420 g/mol. The molecule has 0 aliphatic carbocycles. The van der Waals surface area contributed by atoms with Crippen LogP contribution in [0.5, 0.6) is 11.5 Å². The minimum absolute atomic E-state index is 0.0107. The number of methoxy groups -OCH3 is 1. The highest BCUT2D eigenvalue weighted by Crippen LogP contribution is 2.28. The van der Waals surface area contributed by atoms with Gasteiger partial charge in [-0.25, -0.2) is 8.42 Å². The molecule has 29 heavy (non-hydrogen) atoms. The Morgan fingerprint density at radius 2 is 1.69 bits per heavy atom. The number of rotatable bonds is 10. The number of sulfonamides is 1. The van der Waals surface area contributed by atoms with Crippen LogP contribution >= 0.6 is 0 Å². The van der Waals surface area contributed by atoms with E-state index in [4.69, 9.17) is 9.47 Å². The van der Waals surface area contributed by atoms with Crippen molar-refractivity contribution in [3.63, 3.8) is 0 Å². The molecule has 2 aromatic rings. The third kappa shape index (κ3) is 5.48. The number of carbonyl (C=O) groups excluding carboxylic acids is 1. The summed E-state index contributed by atoms with van der Waals surface area (Å²) in [6.45, 7) is 4.88. The van der Waals surface area contributed by atoms with Gasteiger partial charge in [-0.15, -0.1) is 0 Å². The Hall–Kier alpha value is -2.58. The second-order valence-electron chi connectivity index (χ2n) is 6.34. The molecule has 0 N–H and O–H groups in total. The summed E-state index contributed by atoms with van der Waals surface area (Å²) in [7, 11) is -0.706. The molecule has 158 valence electrons. The summed E-state index contributed by atoms with van der Waals surface area (Å²) < 4.78 is 38.1. The lowest BCUT2D eigenvalue weighted by Gasteiger charge is -2.22. The summed E-state index contributed by atoms with van der Waals surface area (Å²) in [6.07, 6.45) is 0. The summed E-state index contributed by atoms with van der Waals surface area (Å²) in [5.41, 5.74) is 0.277. The molecule has 0 saturated heterocycles. The summed E-state index contributed by atoms with van der Waals surface area (Å²) in [5.74, 6) is 0.647. The predicted octanol–water partition coefficient (Wildman–Crippen LogP) is 2.88. The van der Waals surface area contributed by atoms with Crippen molar-refractivity contribution in [3.05, 3.63) is 54.1 Å². The van der Waals surface area contributed by atoms with Gasteiger partial charge in [0, 0.05) is 25.7 Å². The molecular weight excluding hydrogens is 392 g/mol. The predicted molar refractivity (Wildman–Crippen MR) is 112 cm³/mol.